The van der Waals surface area contributed by atoms with Gasteiger partial charge in [0.1, 0.15) is 0 Å². The molecule has 3 rings (SSSR count). The average Bonchev–Trinajstić information content (AvgIpc) is 3.28. The molecule has 1 saturated carbocycles. The lowest BCUT2D eigenvalue weighted by molar-refractivity contribution is -0.119. The Labute approximate surface area is 170 Å². The van der Waals surface area contributed by atoms with Crippen molar-refractivity contribution >= 4 is 29.0 Å². The summed E-state index contributed by atoms with van der Waals surface area (Å²) in [7, 11) is 0. The monoisotopic (exact) mass is 406 g/mol. The maximum Gasteiger partial charge on any atom is 0.230 e. The van der Waals surface area contributed by atoms with E-state index in [4.69, 9.17) is 0 Å². The van der Waals surface area contributed by atoms with Crippen LogP contribution in [0, 0.1) is 0 Å². The molecule has 5 nitrogen and oxygen atoms in total. The van der Waals surface area contributed by atoms with Crippen molar-refractivity contribution in [2.45, 2.75) is 83.0 Å². The molecule has 7 heteroatoms. The molecule has 0 aliphatic heterocycles. The highest BCUT2D eigenvalue weighted by molar-refractivity contribution is 7.99. The highest BCUT2D eigenvalue weighted by Crippen LogP contribution is 2.31. The number of carbonyl (C=O) groups excluding carboxylic acids is 1. The van der Waals surface area contributed by atoms with E-state index in [1.807, 2.05) is 0 Å². The average molecular weight is 407 g/mol. The second-order valence-electron chi connectivity index (χ2n) is 7.54. The number of hydrogen-bond donors (Lipinski definition) is 1. The summed E-state index contributed by atoms with van der Waals surface area (Å²) in [5.41, 5.74) is 1.13. The minimum absolute atomic E-state index is 0.108. The summed E-state index contributed by atoms with van der Waals surface area (Å²) >= 11 is 3.27. The molecule has 1 N–H and O–H groups in total. The van der Waals surface area contributed by atoms with E-state index in [-0.39, 0.29) is 5.91 Å². The van der Waals surface area contributed by atoms with E-state index in [0.29, 0.717) is 17.7 Å². The minimum Gasteiger partial charge on any atom is -0.353 e. The Morgan fingerprint density at radius 1 is 1.33 bits per heavy atom. The van der Waals surface area contributed by atoms with E-state index in [9.17, 15) is 4.79 Å². The molecule has 1 aliphatic rings. The van der Waals surface area contributed by atoms with Crippen LogP contribution in [-0.4, -0.2) is 32.5 Å². The quantitative estimate of drug-likeness (QED) is 0.621. The smallest absolute Gasteiger partial charge is 0.230 e. The fourth-order valence-corrected chi connectivity index (χ4v) is 5.13. The summed E-state index contributed by atoms with van der Waals surface area (Å²) in [6.45, 7) is 7.43. The third kappa shape index (κ3) is 5.35. The second kappa shape index (κ2) is 9.73. The molecule has 2 aromatic heterocycles. The topological polar surface area (TPSA) is 59.8 Å². The molecule has 0 radical (unpaired) electrons. The van der Waals surface area contributed by atoms with Crippen molar-refractivity contribution in [1.29, 1.82) is 0 Å². The lowest BCUT2D eigenvalue weighted by Crippen LogP contribution is -2.37. The summed E-state index contributed by atoms with van der Waals surface area (Å²) in [5.74, 6) is 1.94. The standard InChI is InChI=1S/C20H30N4OS2/c1-4-10-24-19(15-11-17(14(2)3)26-12-15)22-23-20(24)27-13-18(25)21-16-8-6-5-7-9-16/h11-12,14,16H,4-10,13H2,1-3H3,(H,21,25). The molecule has 0 spiro atoms. The van der Waals surface area contributed by atoms with E-state index in [1.165, 1.54) is 35.9 Å². The van der Waals surface area contributed by atoms with Gasteiger partial charge in [0.05, 0.1) is 5.75 Å². The Hall–Kier alpha value is -1.34. The summed E-state index contributed by atoms with van der Waals surface area (Å²) in [4.78, 5) is 13.7. The maximum absolute atomic E-state index is 12.3. The van der Waals surface area contributed by atoms with Gasteiger partial charge in [-0.25, -0.2) is 0 Å². The number of nitrogens with one attached hydrogen (secondary N) is 1. The van der Waals surface area contributed by atoms with E-state index >= 15 is 0 Å². The Bertz CT molecular complexity index is 747. The van der Waals surface area contributed by atoms with Gasteiger partial charge in [0.15, 0.2) is 11.0 Å². The van der Waals surface area contributed by atoms with Gasteiger partial charge >= 0.3 is 0 Å². The molecule has 0 saturated heterocycles. The highest BCUT2D eigenvalue weighted by Gasteiger charge is 2.19. The van der Waals surface area contributed by atoms with Crippen LogP contribution in [0.25, 0.3) is 11.4 Å². The number of hydrogen-bond acceptors (Lipinski definition) is 5. The molecule has 0 atom stereocenters. The molecule has 148 valence electrons. The summed E-state index contributed by atoms with van der Waals surface area (Å²) in [5, 5.41) is 15.0. The van der Waals surface area contributed by atoms with Crippen molar-refractivity contribution in [2.24, 2.45) is 0 Å². The number of thiophene rings is 1. The Balaban J connectivity index is 1.66. The summed E-state index contributed by atoms with van der Waals surface area (Å²) in [6, 6.07) is 2.58. The lowest BCUT2D eigenvalue weighted by Gasteiger charge is -2.22. The van der Waals surface area contributed by atoms with Gasteiger partial charge in [-0.15, -0.1) is 21.5 Å². The van der Waals surface area contributed by atoms with Gasteiger partial charge in [0.25, 0.3) is 0 Å². The maximum atomic E-state index is 12.3. The number of thioether (sulfide) groups is 1. The van der Waals surface area contributed by atoms with Gasteiger partial charge in [0.2, 0.25) is 5.91 Å². The zero-order chi connectivity index (χ0) is 19.2. The first-order valence-corrected chi connectivity index (χ1v) is 11.9. The fourth-order valence-electron chi connectivity index (χ4n) is 3.45. The first-order chi connectivity index (χ1) is 13.1. The van der Waals surface area contributed by atoms with Crippen LogP contribution in [0.1, 0.15) is 70.1 Å². The van der Waals surface area contributed by atoms with Crippen molar-refractivity contribution in [3.05, 3.63) is 16.3 Å². The number of amides is 1. The fraction of sp³-hybridized carbons (Fsp3) is 0.650. The predicted octanol–water partition coefficient (Wildman–Crippen LogP) is 5.08. The van der Waals surface area contributed by atoms with Crippen molar-refractivity contribution in [1.82, 2.24) is 20.1 Å². The van der Waals surface area contributed by atoms with Gasteiger partial charge < -0.3 is 9.88 Å². The lowest BCUT2D eigenvalue weighted by atomic mass is 9.95. The first kappa shape index (κ1) is 20.4. The van der Waals surface area contributed by atoms with Crippen LogP contribution < -0.4 is 5.32 Å². The highest BCUT2D eigenvalue weighted by atomic mass is 32.2. The SMILES string of the molecule is CCCn1c(SCC(=O)NC2CCCCC2)nnc1-c1csc(C(C)C)c1. The number of aromatic nitrogens is 3. The molecule has 2 heterocycles. The van der Waals surface area contributed by atoms with E-state index in [0.717, 1.165) is 42.4 Å². The third-order valence-corrected chi connectivity index (χ3v) is 7.11. The number of rotatable bonds is 8. The molecule has 1 aliphatic carbocycles. The molecule has 1 fully saturated rings. The number of carbonyl (C=O) groups is 1. The van der Waals surface area contributed by atoms with E-state index in [2.05, 4.69) is 52.3 Å². The van der Waals surface area contributed by atoms with Crippen LogP contribution in [0.4, 0.5) is 0 Å². The zero-order valence-electron chi connectivity index (χ0n) is 16.5. The summed E-state index contributed by atoms with van der Waals surface area (Å²) in [6.07, 6.45) is 6.99. The van der Waals surface area contributed by atoms with Crippen LogP contribution in [0.5, 0.6) is 0 Å². The zero-order valence-corrected chi connectivity index (χ0v) is 18.2. The van der Waals surface area contributed by atoms with Crippen LogP contribution >= 0.6 is 23.1 Å². The molecule has 0 bridgehead atoms. The van der Waals surface area contributed by atoms with E-state index in [1.54, 1.807) is 11.3 Å². The van der Waals surface area contributed by atoms with Gasteiger partial charge in [-0.1, -0.05) is 51.8 Å². The van der Waals surface area contributed by atoms with Crippen molar-refractivity contribution < 1.29 is 4.79 Å². The van der Waals surface area contributed by atoms with Crippen LogP contribution in [0.2, 0.25) is 0 Å². The third-order valence-electron chi connectivity index (χ3n) is 4.91. The van der Waals surface area contributed by atoms with Gasteiger partial charge in [-0.05, 0) is 31.2 Å². The van der Waals surface area contributed by atoms with Crippen molar-refractivity contribution in [3.8, 4) is 11.4 Å². The molecule has 27 heavy (non-hydrogen) atoms. The van der Waals surface area contributed by atoms with Crippen LogP contribution in [-0.2, 0) is 11.3 Å². The largest absolute Gasteiger partial charge is 0.353 e. The van der Waals surface area contributed by atoms with Crippen molar-refractivity contribution in [2.75, 3.05) is 5.75 Å². The first-order valence-electron chi connectivity index (χ1n) is 10.0. The molecule has 0 aromatic carbocycles. The van der Waals surface area contributed by atoms with E-state index < -0.39 is 0 Å². The predicted molar refractivity (Wildman–Crippen MR) is 113 cm³/mol. The van der Waals surface area contributed by atoms with Gasteiger partial charge in [0, 0.05) is 28.4 Å². The van der Waals surface area contributed by atoms with Crippen LogP contribution in [0.15, 0.2) is 16.6 Å². The Kier molecular flexibility index (Phi) is 7.35. The van der Waals surface area contributed by atoms with Gasteiger partial charge in [-0.2, -0.15) is 0 Å². The Morgan fingerprint density at radius 2 is 2.11 bits per heavy atom. The van der Waals surface area contributed by atoms with Crippen LogP contribution in [0.3, 0.4) is 0 Å². The normalized spacial score (nSPS) is 15.4. The molecular formula is C20H30N4OS2. The second-order valence-corrected chi connectivity index (χ2v) is 9.43. The Morgan fingerprint density at radius 3 is 2.78 bits per heavy atom. The molecule has 2 aromatic rings. The van der Waals surface area contributed by atoms with Crippen molar-refractivity contribution in [3.63, 3.8) is 0 Å². The molecule has 1 amide bonds. The molecular weight excluding hydrogens is 376 g/mol. The minimum atomic E-state index is 0.108. The summed E-state index contributed by atoms with van der Waals surface area (Å²) < 4.78 is 2.16. The molecule has 0 unspecified atom stereocenters. The number of nitrogens with zero attached hydrogens (tertiary/aromatic N) is 3. The van der Waals surface area contributed by atoms with Gasteiger partial charge in [-0.3, -0.25) is 4.79 Å².